The number of hydrogen-bond donors (Lipinski definition) is 1. The number of hydrogen-bond acceptors (Lipinski definition) is 3. The zero-order chi connectivity index (χ0) is 13.1. The number of nitrogens with zero attached hydrogens (tertiary/aromatic N) is 3. The lowest BCUT2D eigenvalue weighted by molar-refractivity contribution is 0.579. The van der Waals surface area contributed by atoms with Crippen molar-refractivity contribution in [2.75, 3.05) is 6.54 Å². The molecule has 1 aromatic heterocycles. The van der Waals surface area contributed by atoms with Gasteiger partial charge in [0.2, 0.25) is 0 Å². The Labute approximate surface area is 112 Å². The molecule has 0 aliphatic heterocycles. The van der Waals surface area contributed by atoms with Crippen LogP contribution in [0.15, 0.2) is 24.3 Å². The molecule has 0 fully saturated rings. The van der Waals surface area contributed by atoms with Crippen molar-refractivity contribution in [1.29, 1.82) is 0 Å². The van der Waals surface area contributed by atoms with E-state index >= 15 is 0 Å². The van der Waals surface area contributed by atoms with Crippen LogP contribution in [0.1, 0.15) is 31.3 Å². The normalized spacial score (nSPS) is 12.7. The lowest BCUT2D eigenvalue weighted by atomic mass is 10.2. The Kier molecular flexibility index (Phi) is 3.99. The Balaban J connectivity index is 2.36. The molecule has 18 heavy (non-hydrogen) atoms. The molecule has 0 saturated carbocycles. The molecule has 4 nitrogen and oxygen atoms in total. The van der Waals surface area contributed by atoms with E-state index in [1.807, 2.05) is 35.9 Å². The molecule has 1 aromatic carbocycles. The van der Waals surface area contributed by atoms with Gasteiger partial charge in [-0.2, -0.15) is 0 Å². The maximum absolute atomic E-state index is 5.99. The van der Waals surface area contributed by atoms with Gasteiger partial charge in [0.25, 0.3) is 0 Å². The Bertz CT molecular complexity index is 536. The second-order valence-corrected chi connectivity index (χ2v) is 4.67. The molecule has 0 aliphatic rings. The molecule has 0 saturated heterocycles. The summed E-state index contributed by atoms with van der Waals surface area (Å²) in [5, 5.41) is 12.5. The van der Waals surface area contributed by atoms with E-state index in [2.05, 4.69) is 29.5 Å². The molecule has 2 aromatic rings. The third kappa shape index (κ3) is 2.54. The zero-order valence-corrected chi connectivity index (χ0v) is 11.6. The van der Waals surface area contributed by atoms with Gasteiger partial charge in [-0.25, -0.2) is 4.68 Å². The third-order valence-corrected chi connectivity index (χ3v) is 3.14. The lowest BCUT2D eigenvalue weighted by Gasteiger charge is -2.10. The van der Waals surface area contributed by atoms with E-state index in [0.29, 0.717) is 5.02 Å². The van der Waals surface area contributed by atoms with Gasteiger partial charge in [-0.05, 0) is 38.6 Å². The van der Waals surface area contributed by atoms with Gasteiger partial charge in [0.1, 0.15) is 5.69 Å². The van der Waals surface area contributed by atoms with Gasteiger partial charge in [-0.1, -0.05) is 29.8 Å². The highest BCUT2D eigenvalue weighted by atomic mass is 35.5. The Hall–Kier alpha value is -1.39. The molecule has 5 heteroatoms. The van der Waals surface area contributed by atoms with E-state index in [4.69, 9.17) is 11.6 Å². The van der Waals surface area contributed by atoms with E-state index in [9.17, 15) is 0 Å². The summed E-state index contributed by atoms with van der Waals surface area (Å²) in [6.45, 7) is 7.09. The Morgan fingerprint density at radius 2 is 2.22 bits per heavy atom. The Morgan fingerprint density at radius 1 is 1.44 bits per heavy atom. The highest BCUT2D eigenvalue weighted by Crippen LogP contribution is 2.19. The summed E-state index contributed by atoms with van der Waals surface area (Å²) in [6.07, 6.45) is 0. The summed E-state index contributed by atoms with van der Waals surface area (Å²) in [6, 6.07) is 7.80. The predicted molar refractivity (Wildman–Crippen MR) is 73.2 cm³/mol. The topological polar surface area (TPSA) is 42.7 Å². The van der Waals surface area contributed by atoms with Gasteiger partial charge in [0, 0.05) is 5.02 Å². The minimum Gasteiger partial charge on any atom is -0.309 e. The highest BCUT2D eigenvalue weighted by Gasteiger charge is 2.15. The monoisotopic (exact) mass is 264 g/mol. The summed E-state index contributed by atoms with van der Waals surface area (Å²) in [5.74, 6) is 0. The van der Waals surface area contributed by atoms with Crippen LogP contribution in [-0.2, 0) is 0 Å². The molecule has 1 N–H and O–H groups in total. The summed E-state index contributed by atoms with van der Waals surface area (Å²) < 4.78 is 1.81. The van der Waals surface area contributed by atoms with Crippen molar-refractivity contribution in [2.24, 2.45) is 0 Å². The van der Waals surface area contributed by atoms with E-state index in [-0.39, 0.29) is 6.04 Å². The van der Waals surface area contributed by atoms with Gasteiger partial charge >= 0.3 is 0 Å². The summed E-state index contributed by atoms with van der Waals surface area (Å²) in [4.78, 5) is 0. The molecule has 0 amide bonds. The summed E-state index contributed by atoms with van der Waals surface area (Å²) in [5.41, 5.74) is 2.94. The number of halogens is 1. The second-order valence-electron chi connectivity index (χ2n) is 4.23. The molecular weight excluding hydrogens is 248 g/mol. The standard InChI is InChI=1S/C13H17ClN4/c1-4-15-9(2)13-10(3)18(17-16-13)12-7-5-6-11(14)8-12/h5-9,15H,4H2,1-3H3. The molecule has 0 spiro atoms. The lowest BCUT2D eigenvalue weighted by Crippen LogP contribution is -2.19. The molecule has 0 aliphatic carbocycles. The van der Waals surface area contributed by atoms with Crippen LogP contribution in [0, 0.1) is 6.92 Å². The number of aromatic nitrogens is 3. The molecule has 0 radical (unpaired) electrons. The first-order valence-electron chi connectivity index (χ1n) is 6.05. The van der Waals surface area contributed by atoms with Crippen LogP contribution in [-0.4, -0.2) is 21.5 Å². The van der Waals surface area contributed by atoms with Crippen molar-refractivity contribution in [3.8, 4) is 5.69 Å². The summed E-state index contributed by atoms with van der Waals surface area (Å²) >= 11 is 5.99. The highest BCUT2D eigenvalue weighted by molar-refractivity contribution is 6.30. The SMILES string of the molecule is CCNC(C)c1nnn(-c2cccc(Cl)c2)c1C. The first-order valence-corrected chi connectivity index (χ1v) is 6.42. The predicted octanol–water partition coefficient (Wildman–Crippen LogP) is 2.90. The third-order valence-electron chi connectivity index (χ3n) is 2.90. The second kappa shape index (κ2) is 5.50. The fourth-order valence-corrected chi connectivity index (χ4v) is 2.18. The fraction of sp³-hybridized carbons (Fsp3) is 0.385. The van der Waals surface area contributed by atoms with E-state index in [1.54, 1.807) is 0 Å². The van der Waals surface area contributed by atoms with Crippen molar-refractivity contribution in [1.82, 2.24) is 20.3 Å². The minimum absolute atomic E-state index is 0.197. The van der Waals surface area contributed by atoms with E-state index in [1.165, 1.54) is 0 Å². The van der Waals surface area contributed by atoms with Crippen molar-refractivity contribution < 1.29 is 0 Å². The van der Waals surface area contributed by atoms with Crippen molar-refractivity contribution in [3.63, 3.8) is 0 Å². The maximum Gasteiger partial charge on any atom is 0.103 e. The van der Waals surface area contributed by atoms with Crippen molar-refractivity contribution in [2.45, 2.75) is 26.8 Å². The fourth-order valence-electron chi connectivity index (χ4n) is 2.00. The molecule has 1 atom stereocenters. The smallest absolute Gasteiger partial charge is 0.103 e. The quantitative estimate of drug-likeness (QED) is 0.923. The number of benzene rings is 1. The van der Waals surface area contributed by atoms with E-state index < -0.39 is 0 Å². The first-order chi connectivity index (χ1) is 8.63. The van der Waals surface area contributed by atoms with Crippen LogP contribution in [0.5, 0.6) is 0 Å². The largest absolute Gasteiger partial charge is 0.309 e. The Morgan fingerprint density at radius 3 is 2.89 bits per heavy atom. The average molecular weight is 265 g/mol. The first kappa shape index (κ1) is 13.1. The van der Waals surface area contributed by atoms with Crippen LogP contribution < -0.4 is 5.32 Å². The van der Waals surface area contributed by atoms with Crippen LogP contribution in [0.25, 0.3) is 5.69 Å². The van der Waals surface area contributed by atoms with Crippen LogP contribution in [0.2, 0.25) is 5.02 Å². The van der Waals surface area contributed by atoms with Gasteiger partial charge in [-0.15, -0.1) is 5.10 Å². The number of rotatable bonds is 4. The molecule has 0 bridgehead atoms. The minimum atomic E-state index is 0.197. The van der Waals surface area contributed by atoms with Gasteiger partial charge in [0.05, 0.1) is 17.4 Å². The van der Waals surface area contributed by atoms with E-state index in [0.717, 1.165) is 23.6 Å². The van der Waals surface area contributed by atoms with Crippen molar-refractivity contribution in [3.05, 3.63) is 40.7 Å². The van der Waals surface area contributed by atoms with Crippen LogP contribution >= 0.6 is 11.6 Å². The number of nitrogens with one attached hydrogen (secondary N) is 1. The zero-order valence-electron chi connectivity index (χ0n) is 10.8. The molecule has 1 heterocycles. The molecule has 1 unspecified atom stereocenters. The van der Waals surface area contributed by atoms with Crippen LogP contribution in [0.4, 0.5) is 0 Å². The van der Waals surface area contributed by atoms with Crippen molar-refractivity contribution >= 4 is 11.6 Å². The summed E-state index contributed by atoms with van der Waals surface area (Å²) in [7, 11) is 0. The molecule has 2 rings (SSSR count). The average Bonchev–Trinajstić information content (AvgIpc) is 2.71. The van der Waals surface area contributed by atoms with Gasteiger partial charge in [0.15, 0.2) is 0 Å². The van der Waals surface area contributed by atoms with Crippen LogP contribution in [0.3, 0.4) is 0 Å². The van der Waals surface area contributed by atoms with Gasteiger partial charge in [-0.3, -0.25) is 0 Å². The maximum atomic E-state index is 5.99. The van der Waals surface area contributed by atoms with Gasteiger partial charge < -0.3 is 5.32 Å². The molecular formula is C13H17ClN4. The molecule has 96 valence electrons.